The SMILES string of the molecule is CC[C@@H](Sc1nncn1C)C(=O)Nc1nccs1. The number of anilines is 1. The van der Waals surface area contributed by atoms with Crippen molar-refractivity contribution in [1.82, 2.24) is 19.7 Å². The number of thiazole rings is 1. The monoisotopic (exact) mass is 283 g/mol. The van der Waals surface area contributed by atoms with Gasteiger partial charge >= 0.3 is 0 Å². The second-order valence-corrected chi connectivity index (χ2v) is 5.63. The number of carbonyl (C=O) groups is 1. The predicted molar refractivity (Wildman–Crippen MR) is 71.7 cm³/mol. The standard InChI is InChI=1S/C10H13N5OS2/c1-3-7(18-10-14-12-6-15(10)2)8(16)13-9-11-4-5-17-9/h4-7H,3H2,1-2H3,(H,11,13,16)/t7-/m1/s1. The summed E-state index contributed by atoms with van der Waals surface area (Å²) in [6, 6.07) is 0. The quantitative estimate of drug-likeness (QED) is 0.847. The average Bonchev–Trinajstić information content (AvgIpc) is 2.98. The highest BCUT2D eigenvalue weighted by atomic mass is 32.2. The molecule has 0 bridgehead atoms. The maximum atomic E-state index is 12.1. The van der Waals surface area contributed by atoms with Crippen molar-refractivity contribution in [3.8, 4) is 0 Å². The smallest absolute Gasteiger partial charge is 0.239 e. The molecular formula is C10H13N5OS2. The summed E-state index contributed by atoms with van der Waals surface area (Å²) in [6.45, 7) is 1.97. The fourth-order valence-corrected chi connectivity index (χ4v) is 2.73. The van der Waals surface area contributed by atoms with Gasteiger partial charge in [-0.25, -0.2) is 4.98 Å². The third-order valence-corrected chi connectivity index (χ3v) is 4.34. The molecule has 0 aromatic carbocycles. The van der Waals surface area contributed by atoms with Crippen molar-refractivity contribution in [2.75, 3.05) is 5.32 Å². The lowest BCUT2D eigenvalue weighted by Crippen LogP contribution is -2.24. The van der Waals surface area contributed by atoms with Gasteiger partial charge < -0.3 is 9.88 Å². The molecule has 0 aliphatic carbocycles. The number of nitrogens with one attached hydrogen (secondary N) is 1. The van der Waals surface area contributed by atoms with E-state index in [1.165, 1.54) is 23.1 Å². The van der Waals surface area contributed by atoms with Crippen LogP contribution < -0.4 is 5.32 Å². The molecule has 96 valence electrons. The molecule has 0 aliphatic heterocycles. The van der Waals surface area contributed by atoms with Gasteiger partial charge in [0.15, 0.2) is 10.3 Å². The van der Waals surface area contributed by atoms with Crippen LogP contribution >= 0.6 is 23.1 Å². The van der Waals surface area contributed by atoms with Crippen LogP contribution in [0, 0.1) is 0 Å². The molecular weight excluding hydrogens is 270 g/mol. The van der Waals surface area contributed by atoms with Crippen LogP contribution in [0.5, 0.6) is 0 Å². The summed E-state index contributed by atoms with van der Waals surface area (Å²) >= 11 is 2.81. The van der Waals surface area contributed by atoms with Crippen molar-refractivity contribution in [1.29, 1.82) is 0 Å². The van der Waals surface area contributed by atoms with E-state index in [-0.39, 0.29) is 11.2 Å². The van der Waals surface area contributed by atoms with Gasteiger partial charge in [0.25, 0.3) is 0 Å². The van der Waals surface area contributed by atoms with Crippen LogP contribution in [0.3, 0.4) is 0 Å². The number of thioether (sulfide) groups is 1. The molecule has 1 amide bonds. The Morgan fingerprint density at radius 2 is 2.50 bits per heavy atom. The van der Waals surface area contributed by atoms with Gasteiger partial charge in [0.2, 0.25) is 5.91 Å². The van der Waals surface area contributed by atoms with E-state index in [0.29, 0.717) is 11.6 Å². The van der Waals surface area contributed by atoms with E-state index in [1.807, 2.05) is 19.4 Å². The van der Waals surface area contributed by atoms with Crippen molar-refractivity contribution in [3.05, 3.63) is 17.9 Å². The second-order valence-electron chi connectivity index (χ2n) is 3.57. The van der Waals surface area contributed by atoms with Gasteiger partial charge in [0.1, 0.15) is 6.33 Å². The summed E-state index contributed by atoms with van der Waals surface area (Å²) in [4.78, 5) is 16.1. The molecule has 6 nitrogen and oxygen atoms in total. The first kappa shape index (κ1) is 13.0. The minimum atomic E-state index is -0.197. The fourth-order valence-electron chi connectivity index (χ4n) is 1.30. The van der Waals surface area contributed by atoms with Crippen LogP contribution in [0.15, 0.2) is 23.1 Å². The zero-order valence-corrected chi connectivity index (χ0v) is 11.7. The summed E-state index contributed by atoms with van der Waals surface area (Å²) in [5, 5.41) is 13.5. The van der Waals surface area contributed by atoms with Gasteiger partial charge in [-0.15, -0.1) is 21.5 Å². The molecule has 0 radical (unpaired) electrons. The molecule has 0 saturated carbocycles. The fraction of sp³-hybridized carbons (Fsp3) is 0.400. The van der Waals surface area contributed by atoms with Gasteiger partial charge in [-0.1, -0.05) is 18.7 Å². The van der Waals surface area contributed by atoms with Crippen molar-refractivity contribution >= 4 is 34.1 Å². The van der Waals surface area contributed by atoms with Crippen molar-refractivity contribution in [2.24, 2.45) is 7.05 Å². The molecule has 2 heterocycles. The van der Waals surface area contributed by atoms with Crippen LogP contribution in [0.25, 0.3) is 0 Å². The Labute approximate surface area is 113 Å². The Hall–Kier alpha value is -1.41. The molecule has 18 heavy (non-hydrogen) atoms. The molecule has 1 N–H and O–H groups in total. The minimum Gasteiger partial charge on any atom is -0.312 e. The summed E-state index contributed by atoms with van der Waals surface area (Å²) in [5.41, 5.74) is 0. The van der Waals surface area contributed by atoms with Crippen molar-refractivity contribution < 1.29 is 4.79 Å². The van der Waals surface area contributed by atoms with E-state index in [9.17, 15) is 4.79 Å². The largest absolute Gasteiger partial charge is 0.312 e. The van der Waals surface area contributed by atoms with Crippen molar-refractivity contribution in [2.45, 2.75) is 23.8 Å². The molecule has 8 heteroatoms. The highest BCUT2D eigenvalue weighted by Crippen LogP contribution is 2.24. The van der Waals surface area contributed by atoms with Crippen LogP contribution in [-0.4, -0.2) is 30.9 Å². The molecule has 0 spiro atoms. The van der Waals surface area contributed by atoms with Crippen molar-refractivity contribution in [3.63, 3.8) is 0 Å². The zero-order chi connectivity index (χ0) is 13.0. The lowest BCUT2D eigenvalue weighted by molar-refractivity contribution is -0.115. The van der Waals surface area contributed by atoms with Crippen LogP contribution in [0.2, 0.25) is 0 Å². The van der Waals surface area contributed by atoms with E-state index < -0.39 is 0 Å². The number of rotatable bonds is 5. The molecule has 2 aromatic rings. The highest BCUT2D eigenvalue weighted by molar-refractivity contribution is 8.00. The van der Waals surface area contributed by atoms with E-state index in [2.05, 4.69) is 20.5 Å². The molecule has 1 atom stereocenters. The highest BCUT2D eigenvalue weighted by Gasteiger charge is 2.20. The van der Waals surface area contributed by atoms with Gasteiger partial charge in [-0.3, -0.25) is 4.79 Å². The first-order valence-electron chi connectivity index (χ1n) is 5.41. The third-order valence-electron chi connectivity index (χ3n) is 2.24. The Morgan fingerprint density at radius 3 is 3.06 bits per heavy atom. The maximum Gasteiger partial charge on any atom is 0.239 e. The predicted octanol–water partition coefficient (Wildman–Crippen LogP) is 1.78. The van der Waals surface area contributed by atoms with E-state index in [1.54, 1.807) is 17.1 Å². The Balaban J connectivity index is 2.00. The number of nitrogens with zero attached hydrogens (tertiary/aromatic N) is 4. The summed E-state index contributed by atoms with van der Waals surface area (Å²) in [5.74, 6) is -0.0551. The summed E-state index contributed by atoms with van der Waals surface area (Å²) in [7, 11) is 1.85. The molecule has 0 saturated heterocycles. The van der Waals surface area contributed by atoms with E-state index in [4.69, 9.17) is 0 Å². The summed E-state index contributed by atoms with van der Waals surface area (Å²) in [6.07, 6.45) is 4.00. The number of amides is 1. The van der Waals surface area contributed by atoms with Gasteiger partial charge in [-0.05, 0) is 6.42 Å². The van der Waals surface area contributed by atoms with Crippen LogP contribution in [0.1, 0.15) is 13.3 Å². The first-order chi connectivity index (χ1) is 8.70. The topological polar surface area (TPSA) is 72.7 Å². The number of aromatic nitrogens is 4. The number of carbonyl (C=O) groups excluding carboxylic acids is 1. The van der Waals surface area contributed by atoms with Gasteiger partial charge in [0, 0.05) is 18.6 Å². The van der Waals surface area contributed by atoms with Crippen LogP contribution in [0.4, 0.5) is 5.13 Å². The third kappa shape index (κ3) is 3.08. The molecule has 0 aliphatic rings. The average molecular weight is 283 g/mol. The number of hydrogen-bond donors (Lipinski definition) is 1. The molecule has 0 fully saturated rings. The minimum absolute atomic E-state index is 0.0551. The normalized spacial score (nSPS) is 12.3. The zero-order valence-electron chi connectivity index (χ0n) is 10.0. The molecule has 0 unspecified atom stereocenters. The van der Waals surface area contributed by atoms with Crippen LogP contribution in [-0.2, 0) is 11.8 Å². The maximum absolute atomic E-state index is 12.1. The Kier molecular flexibility index (Phi) is 4.32. The second kappa shape index (κ2) is 5.96. The lowest BCUT2D eigenvalue weighted by atomic mass is 10.3. The Bertz CT molecular complexity index is 510. The van der Waals surface area contributed by atoms with E-state index >= 15 is 0 Å². The number of aryl methyl sites for hydroxylation is 1. The first-order valence-corrected chi connectivity index (χ1v) is 7.17. The summed E-state index contributed by atoms with van der Waals surface area (Å²) < 4.78 is 1.80. The number of hydrogen-bond acceptors (Lipinski definition) is 6. The van der Waals surface area contributed by atoms with Gasteiger partial charge in [0.05, 0.1) is 5.25 Å². The van der Waals surface area contributed by atoms with E-state index in [0.717, 1.165) is 5.16 Å². The lowest BCUT2D eigenvalue weighted by Gasteiger charge is -2.12. The molecule has 2 aromatic heterocycles. The van der Waals surface area contributed by atoms with Gasteiger partial charge in [-0.2, -0.15) is 0 Å². The Morgan fingerprint density at radius 1 is 1.67 bits per heavy atom. The molecule has 2 rings (SSSR count).